The molecule has 1 amide bonds. The quantitative estimate of drug-likeness (QED) is 0.180. The maximum Gasteiger partial charge on any atom is 0.341 e. The molecule has 1 unspecified atom stereocenters. The Labute approximate surface area is 231 Å². The second-order valence-electron chi connectivity index (χ2n) is 9.82. The lowest BCUT2D eigenvalue weighted by Crippen LogP contribution is -2.17. The summed E-state index contributed by atoms with van der Waals surface area (Å²) >= 11 is 2.77. The molecular weight excluding hydrogens is 520 g/mol. The Morgan fingerprint density at radius 3 is 2.74 bits per heavy atom. The number of aromatic nitrogens is 3. The van der Waals surface area contributed by atoms with Crippen molar-refractivity contribution in [1.29, 1.82) is 0 Å². The Morgan fingerprint density at radius 2 is 2.05 bits per heavy atom. The molecule has 10 heteroatoms. The van der Waals surface area contributed by atoms with Crippen LogP contribution in [0.25, 0.3) is 11.4 Å². The summed E-state index contributed by atoms with van der Waals surface area (Å²) in [5.74, 6) is 2.00. The number of ether oxygens (including phenoxy) is 2. The third-order valence-electron chi connectivity index (χ3n) is 6.21. The summed E-state index contributed by atoms with van der Waals surface area (Å²) in [4.78, 5) is 26.6. The first kappa shape index (κ1) is 27.9. The lowest BCUT2D eigenvalue weighted by Gasteiger charge is -2.18. The molecule has 0 spiro atoms. The summed E-state index contributed by atoms with van der Waals surface area (Å²) in [6, 6.07) is 7.75. The van der Waals surface area contributed by atoms with Gasteiger partial charge in [0.15, 0.2) is 11.0 Å². The number of hydrogen-bond acceptors (Lipinski definition) is 8. The van der Waals surface area contributed by atoms with Crippen molar-refractivity contribution in [2.45, 2.75) is 51.7 Å². The summed E-state index contributed by atoms with van der Waals surface area (Å²) in [6.45, 7) is 11.4. The van der Waals surface area contributed by atoms with E-state index in [1.165, 1.54) is 30.2 Å². The summed E-state index contributed by atoms with van der Waals surface area (Å²) in [5, 5.41) is 12.8. The van der Waals surface area contributed by atoms with Crippen molar-refractivity contribution in [3.05, 3.63) is 52.9 Å². The topological polar surface area (TPSA) is 95.3 Å². The lowest BCUT2D eigenvalue weighted by atomic mass is 9.88. The second-order valence-corrected chi connectivity index (χ2v) is 11.9. The number of rotatable bonds is 11. The molecule has 38 heavy (non-hydrogen) atoms. The van der Waals surface area contributed by atoms with Gasteiger partial charge in [0.2, 0.25) is 5.91 Å². The molecule has 0 aliphatic heterocycles. The average Bonchev–Trinajstić information content (AvgIpc) is 3.46. The monoisotopic (exact) mass is 554 g/mol. The van der Waals surface area contributed by atoms with Crippen LogP contribution in [-0.4, -0.2) is 46.1 Å². The molecule has 1 aromatic carbocycles. The molecule has 1 aliphatic carbocycles. The molecule has 0 bridgehead atoms. The first-order valence-electron chi connectivity index (χ1n) is 12.7. The largest absolute Gasteiger partial charge is 0.493 e. The Balaban J connectivity index is 1.46. The molecule has 8 nitrogen and oxygen atoms in total. The number of benzene rings is 1. The highest BCUT2D eigenvalue weighted by Crippen LogP contribution is 2.40. The number of anilines is 1. The highest BCUT2D eigenvalue weighted by Gasteiger charge is 2.29. The fourth-order valence-corrected chi connectivity index (χ4v) is 6.48. The van der Waals surface area contributed by atoms with Crippen LogP contribution in [-0.2, 0) is 28.9 Å². The van der Waals surface area contributed by atoms with Crippen LogP contribution in [0.15, 0.2) is 42.1 Å². The zero-order valence-electron chi connectivity index (χ0n) is 22.3. The number of esters is 1. The molecule has 0 fully saturated rings. The minimum Gasteiger partial charge on any atom is -0.493 e. The van der Waals surface area contributed by atoms with Gasteiger partial charge in [0.1, 0.15) is 10.8 Å². The Morgan fingerprint density at radius 1 is 1.29 bits per heavy atom. The van der Waals surface area contributed by atoms with Crippen LogP contribution in [0.2, 0.25) is 0 Å². The van der Waals surface area contributed by atoms with E-state index in [2.05, 4.69) is 42.9 Å². The minimum absolute atomic E-state index is 0.122. The van der Waals surface area contributed by atoms with Crippen molar-refractivity contribution in [2.75, 3.05) is 24.8 Å². The molecule has 0 radical (unpaired) electrons. The number of amides is 1. The molecule has 1 atom stereocenters. The van der Waals surface area contributed by atoms with Crippen LogP contribution in [0.4, 0.5) is 5.00 Å². The van der Waals surface area contributed by atoms with Gasteiger partial charge in [0.05, 0.1) is 25.0 Å². The molecular formula is C28H34N4O4S2. The Hall–Kier alpha value is -3.11. The third kappa shape index (κ3) is 6.47. The minimum atomic E-state index is -0.406. The van der Waals surface area contributed by atoms with Gasteiger partial charge >= 0.3 is 5.97 Å². The zero-order chi connectivity index (χ0) is 27.2. The second kappa shape index (κ2) is 12.6. The van der Waals surface area contributed by atoms with Crippen molar-refractivity contribution in [3.63, 3.8) is 0 Å². The number of thiophene rings is 1. The van der Waals surface area contributed by atoms with E-state index in [1.54, 1.807) is 6.08 Å². The van der Waals surface area contributed by atoms with Gasteiger partial charge in [-0.25, -0.2) is 4.79 Å². The van der Waals surface area contributed by atoms with Gasteiger partial charge in [0, 0.05) is 17.0 Å². The first-order valence-corrected chi connectivity index (χ1v) is 14.5. The number of nitrogens with zero attached hydrogens (tertiary/aromatic N) is 3. The van der Waals surface area contributed by atoms with Gasteiger partial charge in [-0.2, -0.15) is 0 Å². The van der Waals surface area contributed by atoms with E-state index >= 15 is 0 Å². The molecule has 0 saturated heterocycles. The number of methoxy groups -OCH3 is 1. The van der Waals surface area contributed by atoms with Crippen molar-refractivity contribution in [1.82, 2.24) is 14.8 Å². The van der Waals surface area contributed by atoms with E-state index in [0.717, 1.165) is 41.0 Å². The van der Waals surface area contributed by atoms with E-state index < -0.39 is 5.97 Å². The van der Waals surface area contributed by atoms with Crippen LogP contribution < -0.4 is 10.1 Å². The standard InChI is InChI=1S/C28H34N4O4S2/c1-6-13-32-25(19-8-10-20(11-9-19)36-15-17(2)3)30-31-28(32)37-16-23(33)29-26-24(27(34)35-5)21-12-7-18(4)14-22(21)38-26/h6,8-11,17-18H,1,7,12-16H2,2-5H3,(H,29,33). The summed E-state index contributed by atoms with van der Waals surface area (Å²) in [5.41, 5.74) is 2.41. The molecule has 3 aromatic rings. The highest BCUT2D eigenvalue weighted by atomic mass is 32.2. The first-order chi connectivity index (χ1) is 18.3. The van der Waals surface area contributed by atoms with Crippen molar-refractivity contribution in [3.8, 4) is 17.1 Å². The van der Waals surface area contributed by atoms with Gasteiger partial charge < -0.3 is 14.8 Å². The van der Waals surface area contributed by atoms with E-state index in [9.17, 15) is 9.59 Å². The van der Waals surface area contributed by atoms with Gasteiger partial charge in [-0.05, 0) is 60.9 Å². The van der Waals surface area contributed by atoms with Gasteiger partial charge in [-0.1, -0.05) is 38.6 Å². The van der Waals surface area contributed by atoms with E-state index in [4.69, 9.17) is 9.47 Å². The third-order valence-corrected chi connectivity index (χ3v) is 8.35. The van der Waals surface area contributed by atoms with E-state index in [-0.39, 0.29) is 11.7 Å². The molecule has 2 aromatic heterocycles. The number of allylic oxidation sites excluding steroid dienone is 1. The van der Waals surface area contributed by atoms with E-state index in [1.807, 2.05) is 28.8 Å². The predicted molar refractivity (Wildman–Crippen MR) is 152 cm³/mol. The smallest absolute Gasteiger partial charge is 0.341 e. The number of thioether (sulfide) groups is 1. The van der Waals surface area contributed by atoms with Gasteiger partial charge in [-0.3, -0.25) is 9.36 Å². The average molecular weight is 555 g/mol. The normalized spacial score (nSPS) is 14.7. The molecule has 202 valence electrons. The zero-order valence-corrected chi connectivity index (χ0v) is 23.9. The molecule has 1 aliphatic rings. The Bertz CT molecular complexity index is 1300. The fourth-order valence-electron chi connectivity index (χ4n) is 4.32. The lowest BCUT2D eigenvalue weighted by molar-refractivity contribution is -0.113. The predicted octanol–water partition coefficient (Wildman–Crippen LogP) is 5.87. The fraction of sp³-hybridized carbons (Fsp3) is 0.429. The van der Waals surface area contributed by atoms with Crippen LogP contribution in [0.5, 0.6) is 5.75 Å². The van der Waals surface area contributed by atoms with Gasteiger partial charge in [0.25, 0.3) is 0 Å². The number of nitrogens with one attached hydrogen (secondary N) is 1. The Kier molecular flexibility index (Phi) is 9.27. The van der Waals surface area contributed by atoms with Crippen LogP contribution in [0.1, 0.15) is 48.0 Å². The maximum atomic E-state index is 13.0. The molecule has 0 saturated carbocycles. The van der Waals surface area contributed by atoms with E-state index in [0.29, 0.717) is 46.5 Å². The van der Waals surface area contributed by atoms with Crippen LogP contribution >= 0.6 is 23.1 Å². The van der Waals surface area contributed by atoms with Crippen molar-refractivity contribution < 1.29 is 19.1 Å². The number of hydrogen-bond donors (Lipinski definition) is 1. The SMILES string of the molecule is C=CCn1c(SCC(=O)Nc2sc3c(c2C(=O)OC)CCC(C)C3)nnc1-c1ccc(OCC(C)C)cc1. The van der Waals surface area contributed by atoms with Crippen molar-refractivity contribution >= 4 is 40.0 Å². The molecule has 4 rings (SSSR count). The van der Waals surface area contributed by atoms with Crippen molar-refractivity contribution in [2.24, 2.45) is 11.8 Å². The van der Waals surface area contributed by atoms with Crippen LogP contribution in [0.3, 0.4) is 0 Å². The molecule has 2 heterocycles. The highest BCUT2D eigenvalue weighted by molar-refractivity contribution is 7.99. The summed E-state index contributed by atoms with van der Waals surface area (Å²) < 4.78 is 12.7. The summed E-state index contributed by atoms with van der Waals surface area (Å²) in [7, 11) is 1.37. The number of fused-ring (bicyclic) bond motifs is 1. The number of carbonyl (C=O) groups is 2. The van der Waals surface area contributed by atoms with Gasteiger partial charge in [-0.15, -0.1) is 28.1 Å². The van der Waals surface area contributed by atoms with Crippen LogP contribution in [0, 0.1) is 11.8 Å². The molecule has 1 N–H and O–H groups in total. The number of carbonyl (C=O) groups excluding carboxylic acids is 2. The maximum absolute atomic E-state index is 13.0. The summed E-state index contributed by atoms with van der Waals surface area (Å²) in [6.07, 6.45) is 4.52.